The normalized spacial score (nSPS) is 33.5. The Balaban J connectivity index is 0.000000151. The summed E-state index contributed by atoms with van der Waals surface area (Å²) in [6.07, 6.45) is 10.8. The van der Waals surface area contributed by atoms with E-state index in [4.69, 9.17) is 0 Å². The van der Waals surface area contributed by atoms with E-state index in [1.54, 1.807) is 14.1 Å². The van der Waals surface area contributed by atoms with Crippen molar-refractivity contribution in [3.05, 3.63) is 12.2 Å². The van der Waals surface area contributed by atoms with Gasteiger partial charge in [0.05, 0.1) is 5.92 Å². The molecule has 0 radical (unpaired) electrons. The highest BCUT2D eigenvalue weighted by Crippen LogP contribution is 2.35. The van der Waals surface area contributed by atoms with Crippen LogP contribution in [0.3, 0.4) is 0 Å². The number of hydrogen-bond acceptors (Lipinski definition) is 4. The molecular formula is C20H30N4O2. The van der Waals surface area contributed by atoms with Crippen LogP contribution in [-0.2, 0) is 9.59 Å². The van der Waals surface area contributed by atoms with Gasteiger partial charge in [0, 0.05) is 43.3 Å². The quantitative estimate of drug-likeness (QED) is 0.625. The van der Waals surface area contributed by atoms with Crippen LogP contribution >= 0.6 is 0 Å². The Hall–Kier alpha value is -1.98. The Kier molecular flexibility index (Phi) is 5.58. The Labute approximate surface area is 156 Å². The fourth-order valence-corrected chi connectivity index (χ4v) is 4.68. The van der Waals surface area contributed by atoms with Gasteiger partial charge in [0.2, 0.25) is 11.8 Å². The first-order chi connectivity index (χ1) is 12.4. The zero-order valence-corrected chi connectivity index (χ0v) is 16.3. The molecule has 6 heteroatoms. The number of rotatable bonds is 0. The second-order valence-corrected chi connectivity index (χ2v) is 7.86. The SMILES string of the molecule is CC1=NN(C)C(=O)C2CC=CCC12.CC1=NN(C)C(=O)C2CCCCC12. The van der Waals surface area contributed by atoms with Crippen molar-refractivity contribution >= 4 is 23.2 Å². The van der Waals surface area contributed by atoms with E-state index >= 15 is 0 Å². The highest BCUT2D eigenvalue weighted by Gasteiger charge is 2.38. The molecule has 0 aromatic rings. The summed E-state index contributed by atoms with van der Waals surface area (Å²) in [5, 5.41) is 11.5. The fraction of sp³-hybridized carbons (Fsp3) is 0.700. The standard InChI is InChI=1S/C10H16N2O.C10H14N2O/c2*1-7-8-5-3-4-6-9(8)10(13)12(2)11-7/h8-9H,3-6H2,1-2H3;3-4,8-9H,5-6H2,1-2H3. The van der Waals surface area contributed by atoms with Crippen LogP contribution in [0.25, 0.3) is 0 Å². The van der Waals surface area contributed by atoms with Crippen molar-refractivity contribution in [2.24, 2.45) is 33.9 Å². The van der Waals surface area contributed by atoms with Gasteiger partial charge in [-0.05, 0) is 39.5 Å². The molecule has 0 bridgehead atoms. The average molecular weight is 358 g/mol. The van der Waals surface area contributed by atoms with Crippen LogP contribution in [-0.4, -0.2) is 47.4 Å². The Bertz CT molecular complexity index is 667. The lowest BCUT2D eigenvalue weighted by molar-refractivity contribution is -0.137. The van der Waals surface area contributed by atoms with Crippen molar-refractivity contribution in [3.63, 3.8) is 0 Å². The summed E-state index contributed by atoms with van der Waals surface area (Å²) in [6.45, 7) is 4.06. The molecule has 4 aliphatic rings. The number of fused-ring (bicyclic) bond motifs is 2. The molecule has 2 amide bonds. The number of hydrazone groups is 2. The summed E-state index contributed by atoms with van der Waals surface area (Å²) in [5.41, 5.74) is 2.24. The van der Waals surface area contributed by atoms with E-state index in [1.807, 2.05) is 13.8 Å². The van der Waals surface area contributed by atoms with Gasteiger partial charge >= 0.3 is 0 Å². The minimum atomic E-state index is 0.146. The zero-order valence-electron chi connectivity index (χ0n) is 16.3. The maximum atomic E-state index is 11.7. The molecule has 0 N–H and O–H groups in total. The first-order valence-corrected chi connectivity index (χ1v) is 9.70. The van der Waals surface area contributed by atoms with Crippen LogP contribution in [0.4, 0.5) is 0 Å². The molecule has 1 saturated carbocycles. The monoisotopic (exact) mass is 358 g/mol. The maximum Gasteiger partial charge on any atom is 0.246 e. The van der Waals surface area contributed by atoms with Crippen LogP contribution in [0.1, 0.15) is 52.4 Å². The van der Waals surface area contributed by atoms with Crippen molar-refractivity contribution < 1.29 is 9.59 Å². The molecule has 2 aliphatic carbocycles. The summed E-state index contributed by atoms with van der Waals surface area (Å²) >= 11 is 0. The number of carbonyl (C=O) groups excluding carboxylic acids is 2. The van der Waals surface area contributed by atoms with Crippen LogP contribution in [0.15, 0.2) is 22.4 Å². The van der Waals surface area contributed by atoms with Crippen LogP contribution in [0.2, 0.25) is 0 Å². The lowest BCUT2D eigenvalue weighted by Gasteiger charge is -2.36. The molecule has 2 aliphatic heterocycles. The molecule has 4 rings (SSSR count). The third kappa shape index (κ3) is 3.60. The number of hydrogen-bond donors (Lipinski definition) is 0. The lowest BCUT2D eigenvalue weighted by atomic mass is 9.75. The van der Waals surface area contributed by atoms with Crippen molar-refractivity contribution in [1.29, 1.82) is 0 Å². The molecule has 0 saturated heterocycles. The summed E-state index contributed by atoms with van der Waals surface area (Å²) in [4.78, 5) is 23.4. The minimum Gasteiger partial charge on any atom is -0.273 e. The maximum absolute atomic E-state index is 11.7. The number of carbonyl (C=O) groups is 2. The highest BCUT2D eigenvalue weighted by atomic mass is 16.2. The third-order valence-corrected chi connectivity index (χ3v) is 6.16. The highest BCUT2D eigenvalue weighted by molar-refractivity contribution is 5.95. The van der Waals surface area contributed by atoms with Gasteiger partial charge in [0.25, 0.3) is 0 Å². The molecule has 4 atom stereocenters. The summed E-state index contributed by atoms with van der Waals surface area (Å²) in [7, 11) is 3.50. The molecule has 0 spiro atoms. The lowest BCUT2D eigenvalue weighted by Crippen LogP contribution is -2.43. The van der Waals surface area contributed by atoms with Crippen molar-refractivity contribution in [3.8, 4) is 0 Å². The predicted molar refractivity (Wildman–Crippen MR) is 103 cm³/mol. The molecule has 0 aromatic carbocycles. The first-order valence-electron chi connectivity index (χ1n) is 9.70. The smallest absolute Gasteiger partial charge is 0.246 e. The van der Waals surface area contributed by atoms with Crippen LogP contribution in [0.5, 0.6) is 0 Å². The second kappa shape index (κ2) is 7.72. The van der Waals surface area contributed by atoms with Gasteiger partial charge < -0.3 is 0 Å². The number of nitrogens with zero attached hydrogens (tertiary/aromatic N) is 4. The minimum absolute atomic E-state index is 0.146. The van der Waals surface area contributed by atoms with E-state index in [1.165, 1.54) is 22.9 Å². The Morgan fingerprint density at radius 1 is 0.769 bits per heavy atom. The summed E-state index contributed by atoms with van der Waals surface area (Å²) in [6, 6.07) is 0. The van der Waals surface area contributed by atoms with E-state index < -0.39 is 0 Å². The molecule has 26 heavy (non-hydrogen) atoms. The van der Waals surface area contributed by atoms with E-state index in [9.17, 15) is 9.59 Å². The second-order valence-electron chi connectivity index (χ2n) is 7.86. The topological polar surface area (TPSA) is 65.3 Å². The summed E-state index contributed by atoms with van der Waals surface area (Å²) < 4.78 is 0. The van der Waals surface area contributed by atoms with Gasteiger partial charge in [-0.2, -0.15) is 10.2 Å². The van der Waals surface area contributed by atoms with Gasteiger partial charge in [-0.25, -0.2) is 10.0 Å². The number of amides is 2. The van der Waals surface area contributed by atoms with Gasteiger partial charge in [0.15, 0.2) is 0 Å². The van der Waals surface area contributed by atoms with Crippen molar-refractivity contribution in [2.75, 3.05) is 14.1 Å². The van der Waals surface area contributed by atoms with E-state index in [0.29, 0.717) is 11.8 Å². The Morgan fingerprint density at radius 3 is 1.85 bits per heavy atom. The number of allylic oxidation sites excluding steroid dienone is 2. The molecule has 6 nitrogen and oxygen atoms in total. The average Bonchev–Trinajstić information content (AvgIpc) is 2.65. The van der Waals surface area contributed by atoms with Gasteiger partial charge in [-0.15, -0.1) is 0 Å². The predicted octanol–water partition coefficient (Wildman–Crippen LogP) is 3.06. The third-order valence-electron chi connectivity index (χ3n) is 6.16. The fourth-order valence-electron chi connectivity index (χ4n) is 4.68. The van der Waals surface area contributed by atoms with Gasteiger partial charge in [-0.3, -0.25) is 9.59 Å². The molecule has 4 unspecified atom stereocenters. The van der Waals surface area contributed by atoms with Gasteiger partial charge in [0.1, 0.15) is 0 Å². The molecule has 2 heterocycles. The van der Waals surface area contributed by atoms with Crippen molar-refractivity contribution in [2.45, 2.75) is 52.4 Å². The van der Waals surface area contributed by atoms with Gasteiger partial charge in [-0.1, -0.05) is 25.0 Å². The molecule has 1 fully saturated rings. The Morgan fingerprint density at radius 2 is 1.23 bits per heavy atom. The van der Waals surface area contributed by atoms with E-state index in [0.717, 1.165) is 37.1 Å². The molecular weight excluding hydrogens is 328 g/mol. The van der Waals surface area contributed by atoms with Crippen LogP contribution < -0.4 is 0 Å². The first kappa shape index (κ1) is 18.8. The zero-order chi connectivity index (χ0) is 18.8. The van der Waals surface area contributed by atoms with E-state index in [-0.39, 0.29) is 23.7 Å². The largest absolute Gasteiger partial charge is 0.273 e. The molecule has 0 aromatic heterocycles. The van der Waals surface area contributed by atoms with Crippen molar-refractivity contribution in [1.82, 2.24) is 10.0 Å². The van der Waals surface area contributed by atoms with E-state index in [2.05, 4.69) is 22.4 Å². The molecule has 142 valence electrons. The van der Waals surface area contributed by atoms with Crippen LogP contribution in [0, 0.1) is 23.7 Å². The summed E-state index contributed by atoms with van der Waals surface area (Å²) in [5.74, 6) is 1.56.